The smallest absolute Gasteiger partial charge is 0.186 e. The van der Waals surface area contributed by atoms with E-state index in [1.54, 1.807) is 0 Å². The van der Waals surface area contributed by atoms with Crippen molar-refractivity contribution in [2.45, 2.75) is 26.6 Å². The van der Waals surface area contributed by atoms with E-state index in [1.807, 2.05) is 55.6 Å². The number of rotatable bonds is 10. The molecule has 6 nitrogen and oxygen atoms in total. The normalized spacial score (nSPS) is 11.2. The first-order chi connectivity index (χ1) is 12.8. The van der Waals surface area contributed by atoms with E-state index in [4.69, 9.17) is 14.0 Å². The number of ether oxygens (including phenoxy) is 2. The Hall–Kier alpha value is -2.22. The number of hydrogen-bond acceptors (Lipinski definition) is 7. The molecule has 0 radical (unpaired) electrons. The van der Waals surface area contributed by atoms with E-state index in [-0.39, 0.29) is 6.29 Å². The fraction of sp³-hybridized carbons (Fsp3) is 0.368. The number of hydrogen-bond donors (Lipinski definition) is 1. The third-order valence-corrected chi connectivity index (χ3v) is 4.50. The van der Waals surface area contributed by atoms with Crippen molar-refractivity contribution in [2.75, 3.05) is 25.1 Å². The molecule has 3 rings (SSSR count). The van der Waals surface area contributed by atoms with E-state index in [1.165, 1.54) is 11.3 Å². The van der Waals surface area contributed by atoms with Crippen LogP contribution in [0.15, 0.2) is 46.3 Å². The Balaban J connectivity index is 1.57. The van der Waals surface area contributed by atoms with Crippen molar-refractivity contribution in [3.05, 3.63) is 41.8 Å². The van der Waals surface area contributed by atoms with Gasteiger partial charge in [0.2, 0.25) is 0 Å². The molecule has 2 aromatic heterocycles. The Morgan fingerprint density at radius 2 is 1.88 bits per heavy atom. The van der Waals surface area contributed by atoms with Crippen LogP contribution in [0.25, 0.3) is 22.7 Å². The average Bonchev–Trinajstić information content (AvgIpc) is 3.32. The van der Waals surface area contributed by atoms with Crippen LogP contribution in [-0.2, 0) is 9.47 Å². The maximum atomic E-state index is 5.54. The summed E-state index contributed by atoms with van der Waals surface area (Å²) in [6, 6.07) is 11.9. The lowest BCUT2D eigenvalue weighted by molar-refractivity contribution is -0.137. The van der Waals surface area contributed by atoms with Gasteiger partial charge in [0.05, 0.1) is 0 Å². The van der Waals surface area contributed by atoms with Crippen LogP contribution in [-0.4, -0.2) is 36.2 Å². The van der Waals surface area contributed by atoms with Gasteiger partial charge in [-0.05, 0) is 13.8 Å². The minimum Gasteiger partial charge on any atom is -0.361 e. The first-order valence-electron chi connectivity index (χ1n) is 8.75. The monoisotopic (exact) mass is 373 g/mol. The predicted molar refractivity (Wildman–Crippen MR) is 103 cm³/mol. The molecule has 0 aliphatic rings. The van der Waals surface area contributed by atoms with Crippen LogP contribution in [0.3, 0.4) is 0 Å². The quantitative estimate of drug-likeness (QED) is 0.521. The van der Waals surface area contributed by atoms with Crippen LogP contribution in [0.4, 0.5) is 5.13 Å². The SMILES string of the molecule is CCOC(CCNc1nc(-c2cc(-c3ccccc3)no2)cs1)OCC. The van der Waals surface area contributed by atoms with Gasteiger partial charge in [0.1, 0.15) is 11.4 Å². The van der Waals surface area contributed by atoms with Gasteiger partial charge in [-0.25, -0.2) is 4.98 Å². The van der Waals surface area contributed by atoms with Crippen molar-refractivity contribution in [2.24, 2.45) is 0 Å². The number of nitrogens with one attached hydrogen (secondary N) is 1. The van der Waals surface area contributed by atoms with Gasteiger partial charge in [-0.1, -0.05) is 35.5 Å². The molecule has 0 aliphatic heterocycles. The van der Waals surface area contributed by atoms with Crippen LogP contribution in [0.2, 0.25) is 0 Å². The summed E-state index contributed by atoms with van der Waals surface area (Å²) in [6.07, 6.45) is 0.580. The highest BCUT2D eigenvalue weighted by atomic mass is 32.1. The summed E-state index contributed by atoms with van der Waals surface area (Å²) >= 11 is 1.54. The highest BCUT2D eigenvalue weighted by molar-refractivity contribution is 7.14. The van der Waals surface area contributed by atoms with E-state index in [9.17, 15) is 0 Å². The van der Waals surface area contributed by atoms with E-state index >= 15 is 0 Å². The van der Waals surface area contributed by atoms with E-state index in [0.29, 0.717) is 19.0 Å². The van der Waals surface area contributed by atoms with E-state index < -0.39 is 0 Å². The summed E-state index contributed by atoms with van der Waals surface area (Å²) < 4.78 is 16.5. The molecule has 0 fully saturated rings. The number of nitrogens with zero attached hydrogens (tertiary/aromatic N) is 2. The van der Waals surface area contributed by atoms with Gasteiger partial charge in [0.25, 0.3) is 0 Å². The van der Waals surface area contributed by atoms with Crippen LogP contribution < -0.4 is 5.32 Å². The second-order valence-electron chi connectivity index (χ2n) is 5.54. The first-order valence-corrected chi connectivity index (χ1v) is 9.63. The molecule has 0 bridgehead atoms. The molecule has 0 saturated carbocycles. The van der Waals surface area contributed by atoms with Crippen molar-refractivity contribution in [1.82, 2.24) is 10.1 Å². The lowest BCUT2D eigenvalue weighted by Crippen LogP contribution is -2.21. The van der Waals surface area contributed by atoms with Crippen molar-refractivity contribution in [3.8, 4) is 22.7 Å². The van der Waals surface area contributed by atoms with Crippen molar-refractivity contribution >= 4 is 16.5 Å². The molecule has 0 unspecified atom stereocenters. The minimum absolute atomic E-state index is 0.181. The first kappa shape index (κ1) is 18.6. The molecule has 2 heterocycles. The lowest BCUT2D eigenvalue weighted by atomic mass is 10.1. The highest BCUT2D eigenvalue weighted by Gasteiger charge is 2.12. The summed E-state index contributed by atoms with van der Waals surface area (Å²) in [5.74, 6) is 0.662. The lowest BCUT2D eigenvalue weighted by Gasteiger charge is -2.16. The molecule has 1 N–H and O–H groups in total. The Kier molecular flexibility index (Phi) is 6.76. The largest absolute Gasteiger partial charge is 0.361 e. The van der Waals surface area contributed by atoms with E-state index in [2.05, 4.69) is 15.5 Å². The van der Waals surface area contributed by atoms with Gasteiger partial charge in [0, 0.05) is 43.2 Å². The minimum atomic E-state index is -0.181. The molecule has 7 heteroatoms. The fourth-order valence-corrected chi connectivity index (χ4v) is 3.22. The van der Waals surface area contributed by atoms with Gasteiger partial charge in [-0.2, -0.15) is 0 Å². The van der Waals surface area contributed by atoms with Crippen LogP contribution in [0.1, 0.15) is 20.3 Å². The fourth-order valence-electron chi connectivity index (χ4n) is 2.49. The van der Waals surface area contributed by atoms with Gasteiger partial charge >= 0.3 is 0 Å². The number of thiazole rings is 1. The Morgan fingerprint density at radius 3 is 2.62 bits per heavy atom. The molecule has 0 aliphatic carbocycles. The van der Waals surface area contributed by atoms with Gasteiger partial charge in [-0.3, -0.25) is 0 Å². The molecule has 3 aromatic rings. The zero-order valence-electron chi connectivity index (χ0n) is 15.0. The third kappa shape index (κ3) is 4.91. The molecular weight excluding hydrogens is 350 g/mol. The van der Waals surface area contributed by atoms with Crippen molar-refractivity contribution in [3.63, 3.8) is 0 Å². The molecule has 0 saturated heterocycles. The summed E-state index contributed by atoms with van der Waals surface area (Å²) in [7, 11) is 0. The van der Waals surface area contributed by atoms with Crippen molar-refractivity contribution in [1.29, 1.82) is 0 Å². The second-order valence-corrected chi connectivity index (χ2v) is 6.39. The number of anilines is 1. The summed E-state index contributed by atoms with van der Waals surface area (Å²) in [5, 5.41) is 10.2. The summed E-state index contributed by atoms with van der Waals surface area (Å²) in [4.78, 5) is 4.57. The third-order valence-electron chi connectivity index (χ3n) is 3.70. The maximum absolute atomic E-state index is 5.54. The summed E-state index contributed by atoms with van der Waals surface area (Å²) in [5.41, 5.74) is 2.60. The maximum Gasteiger partial charge on any atom is 0.186 e. The molecule has 1 aromatic carbocycles. The Morgan fingerprint density at radius 1 is 1.12 bits per heavy atom. The Bertz CT molecular complexity index is 782. The molecular formula is C19H23N3O3S. The molecule has 0 spiro atoms. The summed E-state index contributed by atoms with van der Waals surface area (Å²) in [6.45, 7) is 5.94. The number of aromatic nitrogens is 2. The average molecular weight is 373 g/mol. The van der Waals surface area contributed by atoms with Gasteiger partial charge < -0.3 is 19.3 Å². The zero-order chi connectivity index (χ0) is 18.2. The van der Waals surface area contributed by atoms with Gasteiger partial charge in [-0.15, -0.1) is 11.3 Å². The topological polar surface area (TPSA) is 69.4 Å². The van der Waals surface area contributed by atoms with Gasteiger partial charge in [0.15, 0.2) is 17.2 Å². The van der Waals surface area contributed by atoms with Crippen LogP contribution in [0, 0.1) is 0 Å². The second kappa shape index (κ2) is 9.47. The van der Waals surface area contributed by atoms with Crippen LogP contribution in [0.5, 0.6) is 0 Å². The molecule has 0 atom stereocenters. The standard InChI is InChI=1S/C19H23N3O3S/c1-3-23-18(24-4-2)10-11-20-19-21-16(13-26-19)17-12-15(22-25-17)14-8-6-5-7-9-14/h5-9,12-13,18H,3-4,10-11H2,1-2H3,(H,20,21). The number of benzene rings is 1. The van der Waals surface area contributed by atoms with Crippen molar-refractivity contribution < 1.29 is 14.0 Å². The molecule has 0 amide bonds. The van der Waals surface area contributed by atoms with E-state index in [0.717, 1.165) is 35.0 Å². The van der Waals surface area contributed by atoms with Crippen LogP contribution >= 0.6 is 11.3 Å². The molecule has 26 heavy (non-hydrogen) atoms. The predicted octanol–water partition coefficient (Wildman–Crippen LogP) is 4.67. The highest BCUT2D eigenvalue weighted by Crippen LogP contribution is 2.28. The zero-order valence-corrected chi connectivity index (χ0v) is 15.8. The Labute approximate surface area is 157 Å². The molecule has 138 valence electrons.